The fourth-order valence-electron chi connectivity index (χ4n) is 6.55. The van der Waals surface area contributed by atoms with Crippen LogP contribution < -0.4 is 15.0 Å². The standard InChI is InChI=1S/C41H55N3O4/c1-5-6-22-46-25-26-48-39-16-11-33(12-17-39)34-13-18-40-36(27-34)28-35(8-7-21-44(40)29-31(2)3)41(45)42-37-14-9-32(10-15-37)30-43(4)38-19-23-47-24-20-38/h9-18,27-28,31,38H,5-8,19-26,29-30H2,1-4H3,(H,42,45)/b35-28+. The Morgan fingerprint density at radius 2 is 1.73 bits per heavy atom. The summed E-state index contributed by atoms with van der Waals surface area (Å²) < 4.78 is 17.0. The third-order valence-electron chi connectivity index (χ3n) is 9.23. The van der Waals surface area contributed by atoms with Gasteiger partial charge in [0.2, 0.25) is 0 Å². The maximum absolute atomic E-state index is 13.7. The largest absolute Gasteiger partial charge is 0.491 e. The first kappa shape index (κ1) is 35.7. The van der Waals surface area contributed by atoms with Crippen LogP contribution >= 0.6 is 0 Å². The van der Waals surface area contributed by atoms with Gasteiger partial charge in [0.1, 0.15) is 12.4 Å². The molecule has 0 saturated carbocycles. The van der Waals surface area contributed by atoms with E-state index in [1.165, 1.54) is 11.3 Å². The number of unbranched alkanes of at least 4 members (excludes halogenated alkanes) is 1. The summed E-state index contributed by atoms with van der Waals surface area (Å²) in [5.41, 5.74) is 7.37. The number of carbonyl (C=O) groups excluding carboxylic acids is 1. The molecule has 0 atom stereocenters. The molecule has 1 fully saturated rings. The maximum atomic E-state index is 13.7. The maximum Gasteiger partial charge on any atom is 0.251 e. The topological polar surface area (TPSA) is 63.3 Å². The quantitative estimate of drug-likeness (QED) is 0.166. The van der Waals surface area contributed by atoms with Crippen molar-refractivity contribution in [2.24, 2.45) is 5.92 Å². The first-order valence-electron chi connectivity index (χ1n) is 18.0. The summed E-state index contributed by atoms with van der Waals surface area (Å²) in [6.07, 6.45) is 8.13. The van der Waals surface area contributed by atoms with Gasteiger partial charge in [-0.2, -0.15) is 0 Å². The number of ether oxygens (including phenoxy) is 3. The van der Waals surface area contributed by atoms with Crippen molar-refractivity contribution >= 4 is 23.4 Å². The molecule has 0 unspecified atom stereocenters. The van der Waals surface area contributed by atoms with Crippen LogP contribution in [0.3, 0.4) is 0 Å². The van der Waals surface area contributed by atoms with Gasteiger partial charge in [0.15, 0.2) is 0 Å². The van der Waals surface area contributed by atoms with Gasteiger partial charge in [-0.3, -0.25) is 9.69 Å². The van der Waals surface area contributed by atoms with E-state index >= 15 is 0 Å². The minimum atomic E-state index is -0.0316. The van der Waals surface area contributed by atoms with Crippen LogP contribution in [0.4, 0.5) is 11.4 Å². The van der Waals surface area contributed by atoms with Gasteiger partial charge in [-0.25, -0.2) is 0 Å². The highest BCUT2D eigenvalue weighted by molar-refractivity contribution is 6.07. The molecule has 48 heavy (non-hydrogen) atoms. The van der Waals surface area contributed by atoms with E-state index in [0.29, 0.717) is 25.2 Å². The smallest absolute Gasteiger partial charge is 0.251 e. The normalized spacial score (nSPS) is 16.6. The predicted octanol–water partition coefficient (Wildman–Crippen LogP) is 8.44. The minimum absolute atomic E-state index is 0.0316. The van der Waals surface area contributed by atoms with Crippen LogP contribution in [0, 0.1) is 5.92 Å². The highest BCUT2D eigenvalue weighted by Gasteiger charge is 2.21. The van der Waals surface area contributed by atoms with Gasteiger partial charge in [-0.1, -0.05) is 57.5 Å². The van der Waals surface area contributed by atoms with Crippen molar-refractivity contribution in [2.75, 3.05) is 63.4 Å². The summed E-state index contributed by atoms with van der Waals surface area (Å²) in [7, 11) is 2.19. The number of benzene rings is 3. The SMILES string of the molecule is CCCCOCCOc1ccc(-c2ccc3c(c2)/C=C(/C(=O)Nc2ccc(CN(C)C4CCOCC4)cc2)CCCN3CC(C)C)cc1. The Morgan fingerprint density at radius 3 is 2.46 bits per heavy atom. The van der Waals surface area contributed by atoms with E-state index in [9.17, 15) is 4.79 Å². The van der Waals surface area contributed by atoms with Gasteiger partial charge in [0, 0.05) is 62.4 Å². The molecular weight excluding hydrogens is 598 g/mol. The van der Waals surface area contributed by atoms with Gasteiger partial charge < -0.3 is 24.4 Å². The molecule has 5 rings (SSSR count). The number of rotatable bonds is 15. The molecule has 1 saturated heterocycles. The van der Waals surface area contributed by atoms with Crippen LogP contribution in [0.5, 0.6) is 5.75 Å². The van der Waals surface area contributed by atoms with Crippen LogP contribution in [0.25, 0.3) is 17.2 Å². The Morgan fingerprint density at radius 1 is 0.979 bits per heavy atom. The van der Waals surface area contributed by atoms with Crippen LogP contribution in [0.2, 0.25) is 0 Å². The second-order valence-corrected chi connectivity index (χ2v) is 13.6. The Balaban J connectivity index is 1.28. The Kier molecular flexibility index (Phi) is 13.5. The van der Waals surface area contributed by atoms with Gasteiger partial charge in [0.05, 0.1) is 6.61 Å². The summed E-state index contributed by atoms with van der Waals surface area (Å²) in [5, 5.41) is 3.19. The average molecular weight is 654 g/mol. The summed E-state index contributed by atoms with van der Waals surface area (Å²) in [6, 6.07) is 23.7. The molecule has 7 nitrogen and oxygen atoms in total. The van der Waals surface area contributed by atoms with E-state index < -0.39 is 0 Å². The highest BCUT2D eigenvalue weighted by Crippen LogP contribution is 2.33. The van der Waals surface area contributed by atoms with Gasteiger partial charge >= 0.3 is 0 Å². The molecule has 3 aromatic rings. The number of hydrogen-bond acceptors (Lipinski definition) is 6. The van der Waals surface area contributed by atoms with Crippen LogP contribution in [0.15, 0.2) is 72.3 Å². The number of fused-ring (bicyclic) bond motifs is 1. The molecule has 3 aromatic carbocycles. The zero-order valence-electron chi connectivity index (χ0n) is 29.5. The van der Waals surface area contributed by atoms with Crippen molar-refractivity contribution in [3.8, 4) is 16.9 Å². The van der Waals surface area contributed by atoms with E-state index in [-0.39, 0.29) is 5.91 Å². The molecule has 2 aliphatic rings. The van der Waals surface area contributed by atoms with Crippen molar-refractivity contribution in [2.45, 2.75) is 71.9 Å². The van der Waals surface area contributed by atoms with E-state index in [0.717, 1.165) is 112 Å². The summed E-state index contributed by atoms with van der Waals surface area (Å²) in [6.45, 7) is 13.1. The highest BCUT2D eigenvalue weighted by atomic mass is 16.5. The second-order valence-electron chi connectivity index (χ2n) is 13.6. The van der Waals surface area contributed by atoms with Crippen molar-refractivity contribution in [1.82, 2.24) is 4.90 Å². The van der Waals surface area contributed by atoms with E-state index in [1.807, 2.05) is 24.3 Å². The molecule has 0 radical (unpaired) electrons. The fourth-order valence-corrected chi connectivity index (χ4v) is 6.55. The fraction of sp³-hybridized carbons (Fsp3) is 0.488. The molecule has 0 aromatic heterocycles. The first-order valence-corrected chi connectivity index (χ1v) is 18.0. The molecule has 2 aliphatic heterocycles. The molecule has 0 spiro atoms. The van der Waals surface area contributed by atoms with Crippen molar-refractivity contribution in [3.05, 3.63) is 83.4 Å². The van der Waals surface area contributed by atoms with Gasteiger partial charge in [-0.15, -0.1) is 0 Å². The summed E-state index contributed by atoms with van der Waals surface area (Å²) >= 11 is 0. The lowest BCUT2D eigenvalue weighted by Gasteiger charge is -2.31. The van der Waals surface area contributed by atoms with E-state index in [4.69, 9.17) is 14.2 Å². The average Bonchev–Trinajstić information content (AvgIpc) is 3.09. The number of nitrogens with one attached hydrogen (secondary N) is 1. The monoisotopic (exact) mass is 653 g/mol. The number of anilines is 2. The number of nitrogens with zero attached hydrogens (tertiary/aromatic N) is 2. The van der Waals surface area contributed by atoms with Crippen LogP contribution in [-0.4, -0.2) is 70.0 Å². The molecule has 0 bridgehead atoms. The van der Waals surface area contributed by atoms with E-state index in [2.05, 4.69) is 91.5 Å². The van der Waals surface area contributed by atoms with Gasteiger partial charge in [0.25, 0.3) is 5.91 Å². The Bertz CT molecular complexity index is 1460. The molecule has 1 N–H and O–H groups in total. The van der Waals surface area contributed by atoms with Crippen LogP contribution in [0.1, 0.15) is 70.4 Å². The molecule has 2 heterocycles. The Labute approximate surface area is 288 Å². The lowest BCUT2D eigenvalue weighted by molar-refractivity contribution is -0.112. The number of carbonyl (C=O) groups is 1. The zero-order chi connectivity index (χ0) is 33.7. The molecule has 258 valence electrons. The predicted molar refractivity (Wildman–Crippen MR) is 198 cm³/mol. The van der Waals surface area contributed by atoms with Crippen molar-refractivity contribution in [3.63, 3.8) is 0 Å². The summed E-state index contributed by atoms with van der Waals surface area (Å²) in [4.78, 5) is 18.6. The zero-order valence-corrected chi connectivity index (χ0v) is 29.5. The summed E-state index contributed by atoms with van der Waals surface area (Å²) in [5.74, 6) is 1.34. The van der Waals surface area contributed by atoms with E-state index in [1.54, 1.807) is 0 Å². The molecule has 7 heteroatoms. The molecular formula is C41H55N3O4. The first-order chi connectivity index (χ1) is 23.4. The number of hydrogen-bond donors (Lipinski definition) is 1. The third kappa shape index (κ3) is 10.4. The Hall–Kier alpha value is -3.65. The van der Waals surface area contributed by atoms with Crippen molar-refractivity contribution < 1.29 is 19.0 Å². The molecule has 1 amide bonds. The second kappa shape index (κ2) is 18.2. The lowest BCUT2D eigenvalue weighted by Crippen LogP contribution is -2.36. The van der Waals surface area contributed by atoms with Crippen molar-refractivity contribution in [1.29, 1.82) is 0 Å². The lowest BCUT2D eigenvalue weighted by atomic mass is 9.96. The molecule has 0 aliphatic carbocycles. The number of amides is 1. The van der Waals surface area contributed by atoms with Gasteiger partial charge in [-0.05, 0) is 110 Å². The van der Waals surface area contributed by atoms with Crippen LogP contribution in [-0.2, 0) is 20.8 Å². The minimum Gasteiger partial charge on any atom is -0.491 e. The third-order valence-corrected chi connectivity index (χ3v) is 9.23.